The van der Waals surface area contributed by atoms with E-state index in [1.165, 1.54) is 4.90 Å². The number of aromatic nitrogens is 1. The molecule has 3 amide bonds. The summed E-state index contributed by atoms with van der Waals surface area (Å²) < 4.78 is 0. The van der Waals surface area contributed by atoms with Gasteiger partial charge in [0.2, 0.25) is 0 Å². The van der Waals surface area contributed by atoms with Crippen molar-refractivity contribution in [1.82, 2.24) is 9.88 Å². The number of aliphatic hydroxyl groups is 1. The molecule has 1 aromatic heterocycles. The molecule has 1 aliphatic heterocycles. The van der Waals surface area contributed by atoms with E-state index >= 15 is 0 Å². The van der Waals surface area contributed by atoms with Crippen molar-refractivity contribution in [3.63, 3.8) is 0 Å². The normalized spacial score (nSPS) is 19.4. The number of amides is 3. The van der Waals surface area contributed by atoms with Gasteiger partial charge in [-0.1, -0.05) is 32.9 Å². The number of hydrogen-bond acceptors (Lipinski definition) is 5. The molecule has 2 aromatic rings. The van der Waals surface area contributed by atoms with Crippen LogP contribution in [0.3, 0.4) is 0 Å². The third-order valence-corrected chi connectivity index (χ3v) is 6.53. The number of carbonyl (C=O) groups is 2. The Bertz CT molecular complexity index is 1040. The molecule has 2 fully saturated rings. The Balaban J connectivity index is 1.56. The van der Waals surface area contributed by atoms with Crippen molar-refractivity contribution in [3.8, 4) is 0 Å². The van der Waals surface area contributed by atoms with Crippen LogP contribution in [0.2, 0.25) is 0 Å². The van der Waals surface area contributed by atoms with Crippen molar-refractivity contribution in [3.05, 3.63) is 53.7 Å². The Morgan fingerprint density at radius 2 is 1.75 bits per heavy atom. The summed E-state index contributed by atoms with van der Waals surface area (Å²) in [6, 6.07) is 11.0. The van der Waals surface area contributed by atoms with E-state index in [1.54, 1.807) is 24.9 Å². The number of aliphatic hydroxyl groups excluding tert-OH is 1. The topological polar surface area (TPSA) is 85.8 Å². The minimum Gasteiger partial charge on any atom is -0.394 e. The van der Waals surface area contributed by atoms with Crippen molar-refractivity contribution in [2.24, 2.45) is 0 Å². The average Bonchev–Trinajstić information content (AvgIpc) is 3.48. The molecule has 0 atom stereocenters. The Kier molecular flexibility index (Phi) is 5.28. The zero-order valence-corrected chi connectivity index (χ0v) is 19.5. The third-order valence-electron chi connectivity index (χ3n) is 6.53. The molecule has 7 nitrogen and oxygen atoms in total. The second kappa shape index (κ2) is 7.59. The SMILES string of the molecule is CC(C)(C)c1ccc(N2C(=O)N(Cc3ccnc(NC4(CO)CC4)c3)C(C)(C)C2=O)cc1. The summed E-state index contributed by atoms with van der Waals surface area (Å²) in [6.07, 6.45) is 3.50. The summed E-state index contributed by atoms with van der Waals surface area (Å²) in [4.78, 5) is 33.8. The highest BCUT2D eigenvalue weighted by Gasteiger charge is 2.51. The van der Waals surface area contributed by atoms with Crippen LogP contribution in [0.4, 0.5) is 16.3 Å². The summed E-state index contributed by atoms with van der Waals surface area (Å²) in [5.41, 5.74) is 1.34. The summed E-state index contributed by atoms with van der Waals surface area (Å²) in [5, 5.41) is 12.9. The van der Waals surface area contributed by atoms with Gasteiger partial charge in [-0.25, -0.2) is 14.7 Å². The minimum absolute atomic E-state index is 0.00891. The highest BCUT2D eigenvalue weighted by atomic mass is 16.3. The summed E-state index contributed by atoms with van der Waals surface area (Å²) in [7, 11) is 0. The highest BCUT2D eigenvalue weighted by molar-refractivity contribution is 6.22. The molecular formula is C25H32N4O3. The molecular weight excluding hydrogens is 404 g/mol. The van der Waals surface area contributed by atoms with Gasteiger partial charge in [0.05, 0.1) is 17.8 Å². The summed E-state index contributed by atoms with van der Waals surface area (Å²) in [6.45, 7) is 10.3. The Morgan fingerprint density at radius 1 is 1.09 bits per heavy atom. The van der Waals surface area contributed by atoms with Crippen molar-refractivity contribution in [2.45, 2.75) is 70.5 Å². The van der Waals surface area contributed by atoms with Crippen LogP contribution in [0.5, 0.6) is 0 Å². The van der Waals surface area contributed by atoms with E-state index in [-0.39, 0.29) is 36.0 Å². The lowest BCUT2D eigenvalue weighted by Crippen LogP contribution is -2.43. The second-order valence-corrected chi connectivity index (χ2v) is 10.5. The first-order chi connectivity index (χ1) is 15.0. The minimum atomic E-state index is -0.973. The van der Waals surface area contributed by atoms with E-state index < -0.39 is 5.54 Å². The molecule has 2 N–H and O–H groups in total. The number of anilines is 2. The van der Waals surface area contributed by atoms with Crippen molar-refractivity contribution < 1.29 is 14.7 Å². The van der Waals surface area contributed by atoms with Crippen LogP contribution in [0.15, 0.2) is 42.6 Å². The number of carbonyl (C=O) groups excluding carboxylic acids is 2. The van der Waals surface area contributed by atoms with Gasteiger partial charge in [0.25, 0.3) is 5.91 Å². The molecule has 1 aliphatic carbocycles. The second-order valence-electron chi connectivity index (χ2n) is 10.5. The Labute approximate surface area is 189 Å². The van der Waals surface area contributed by atoms with E-state index in [1.807, 2.05) is 36.4 Å². The van der Waals surface area contributed by atoms with Crippen LogP contribution in [0.1, 0.15) is 58.6 Å². The summed E-state index contributed by atoms with van der Waals surface area (Å²) in [5.74, 6) is 0.426. The number of nitrogens with one attached hydrogen (secondary N) is 1. The number of nitrogens with zero attached hydrogens (tertiary/aromatic N) is 3. The smallest absolute Gasteiger partial charge is 0.332 e. The van der Waals surface area contributed by atoms with E-state index in [2.05, 4.69) is 31.1 Å². The predicted octanol–water partition coefficient (Wildman–Crippen LogP) is 4.06. The Morgan fingerprint density at radius 3 is 2.31 bits per heavy atom. The number of rotatable bonds is 6. The van der Waals surface area contributed by atoms with E-state index in [0.717, 1.165) is 24.0 Å². The fraction of sp³-hybridized carbons (Fsp3) is 0.480. The van der Waals surface area contributed by atoms with Crippen LogP contribution in [-0.2, 0) is 16.8 Å². The molecule has 32 heavy (non-hydrogen) atoms. The maximum atomic E-state index is 13.4. The van der Waals surface area contributed by atoms with E-state index in [4.69, 9.17) is 0 Å². The third kappa shape index (κ3) is 3.97. The molecule has 2 aliphatic rings. The van der Waals surface area contributed by atoms with Crippen LogP contribution < -0.4 is 10.2 Å². The zero-order chi connectivity index (χ0) is 23.3. The summed E-state index contributed by atoms with van der Waals surface area (Å²) >= 11 is 0. The first-order valence-corrected chi connectivity index (χ1v) is 11.1. The van der Waals surface area contributed by atoms with Gasteiger partial charge in [0, 0.05) is 12.7 Å². The molecule has 170 valence electrons. The molecule has 1 aromatic carbocycles. The first-order valence-electron chi connectivity index (χ1n) is 11.1. The average molecular weight is 437 g/mol. The molecule has 2 heterocycles. The lowest BCUT2D eigenvalue weighted by molar-refractivity contribution is -0.123. The van der Waals surface area contributed by atoms with Gasteiger partial charge in [-0.05, 0) is 67.5 Å². The standard InChI is InChI=1S/C25H32N4O3/c1-23(2,3)18-6-8-19(9-7-18)29-21(31)24(4,5)28(22(29)32)15-17-10-13-26-20(14-17)27-25(16-30)11-12-25/h6-10,13-14,30H,11-12,15-16H2,1-5H3,(H,26,27). The molecule has 0 bridgehead atoms. The van der Waals surface area contributed by atoms with Gasteiger partial charge in [0.1, 0.15) is 11.4 Å². The van der Waals surface area contributed by atoms with Crippen molar-refractivity contribution in [2.75, 3.05) is 16.8 Å². The van der Waals surface area contributed by atoms with Gasteiger partial charge >= 0.3 is 6.03 Å². The number of benzene rings is 1. The zero-order valence-electron chi connectivity index (χ0n) is 19.5. The van der Waals surface area contributed by atoms with Crippen molar-refractivity contribution >= 4 is 23.4 Å². The van der Waals surface area contributed by atoms with E-state index in [9.17, 15) is 14.7 Å². The molecule has 0 spiro atoms. The van der Waals surface area contributed by atoms with Gasteiger partial charge < -0.3 is 15.3 Å². The molecule has 0 unspecified atom stereocenters. The number of hydrogen-bond donors (Lipinski definition) is 2. The molecule has 1 saturated carbocycles. The van der Waals surface area contributed by atoms with Gasteiger partial charge in [-0.15, -0.1) is 0 Å². The first kappa shape index (κ1) is 22.3. The van der Waals surface area contributed by atoms with Crippen molar-refractivity contribution in [1.29, 1.82) is 0 Å². The predicted molar refractivity (Wildman–Crippen MR) is 125 cm³/mol. The largest absolute Gasteiger partial charge is 0.394 e. The highest BCUT2D eigenvalue weighted by Crippen LogP contribution is 2.38. The van der Waals surface area contributed by atoms with Crippen LogP contribution in [0, 0.1) is 0 Å². The molecule has 1 saturated heterocycles. The fourth-order valence-corrected chi connectivity index (χ4v) is 4.01. The number of pyridine rings is 1. The monoisotopic (exact) mass is 436 g/mol. The van der Waals surface area contributed by atoms with Gasteiger partial charge in [-0.2, -0.15) is 0 Å². The van der Waals surface area contributed by atoms with Crippen LogP contribution >= 0.6 is 0 Å². The Hall–Kier alpha value is -2.93. The van der Waals surface area contributed by atoms with Gasteiger partial charge in [-0.3, -0.25) is 4.79 Å². The molecule has 0 radical (unpaired) electrons. The maximum absolute atomic E-state index is 13.4. The van der Waals surface area contributed by atoms with E-state index in [0.29, 0.717) is 11.5 Å². The van der Waals surface area contributed by atoms with Gasteiger partial charge in [0.15, 0.2) is 0 Å². The number of urea groups is 1. The molecule has 4 rings (SSSR count). The van der Waals surface area contributed by atoms with Crippen LogP contribution in [0.25, 0.3) is 0 Å². The maximum Gasteiger partial charge on any atom is 0.332 e. The fourth-order valence-electron chi connectivity index (χ4n) is 4.01. The lowest BCUT2D eigenvalue weighted by atomic mass is 9.87. The van der Waals surface area contributed by atoms with Crippen LogP contribution in [-0.4, -0.2) is 44.6 Å². The quantitative estimate of drug-likeness (QED) is 0.667. The lowest BCUT2D eigenvalue weighted by Gasteiger charge is -2.28. The number of imide groups is 1. The molecule has 7 heteroatoms.